The van der Waals surface area contributed by atoms with Crippen LogP contribution < -0.4 is 0 Å². The molecule has 54 valence electrons. The van der Waals surface area contributed by atoms with Crippen LogP contribution in [-0.2, 0) is 4.74 Å². The molecule has 0 spiro atoms. The average molecular weight is 195 g/mol. The highest BCUT2D eigenvalue weighted by Gasteiger charge is 2.29. The van der Waals surface area contributed by atoms with Gasteiger partial charge in [-0.1, -0.05) is 15.9 Å². The second kappa shape index (κ2) is 2.99. The highest BCUT2D eigenvalue weighted by atomic mass is 79.9. The fourth-order valence-electron chi connectivity index (χ4n) is 1.07. The number of ether oxygens (including phenoxy) is 1. The lowest BCUT2D eigenvalue weighted by Crippen LogP contribution is -2.19. The Hall–Kier alpha value is 0.400. The predicted octanol–water partition coefficient (Wildman–Crippen LogP) is 0.920. The van der Waals surface area contributed by atoms with E-state index in [1.807, 2.05) is 6.92 Å². The van der Waals surface area contributed by atoms with Crippen molar-refractivity contribution >= 4 is 15.9 Å². The number of alkyl halides is 1. The second-order valence-electron chi connectivity index (χ2n) is 2.42. The lowest BCUT2D eigenvalue weighted by atomic mass is 10.2. The predicted molar refractivity (Wildman–Crippen MR) is 38.8 cm³/mol. The number of halogens is 1. The number of aliphatic hydroxyl groups is 1. The van der Waals surface area contributed by atoms with Crippen LogP contribution >= 0.6 is 15.9 Å². The summed E-state index contributed by atoms with van der Waals surface area (Å²) < 4.78 is 5.33. The summed E-state index contributed by atoms with van der Waals surface area (Å²) in [4.78, 5) is 0.345. The van der Waals surface area contributed by atoms with Crippen molar-refractivity contribution in [2.45, 2.75) is 30.4 Å². The highest BCUT2D eigenvalue weighted by molar-refractivity contribution is 9.09. The van der Waals surface area contributed by atoms with E-state index in [9.17, 15) is 0 Å². The Morgan fingerprint density at radius 1 is 1.78 bits per heavy atom. The third-order valence-corrected chi connectivity index (χ3v) is 2.51. The first kappa shape index (κ1) is 7.51. The molecule has 0 bridgehead atoms. The van der Waals surface area contributed by atoms with E-state index in [1.165, 1.54) is 0 Å². The van der Waals surface area contributed by atoms with E-state index in [1.54, 1.807) is 0 Å². The molecule has 1 heterocycles. The first-order valence-electron chi connectivity index (χ1n) is 3.14. The van der Waals surface area contributed by atoms with Gasteiger partial charge in [0.05, 0.1) is 18.8 Å². The maximum absolute atomic E-state index is 8.70. The minimum Gasteiger partial charge on any atom is -0.394 e. The number of hydrogen-bond donors (Lipinski definition) is 1. The van der Waals surface area contributed by atoms with Crippen LogP contribution in [-0.4, -0.2) is 28.7 Å². The molecule has 0 amide bonds. The summed E-state index contributed by atoms with van der Waals surface area (Å²) in [6.07, 6.45) is 1.32. The number of aliphatic hydroxyl groups excluding tert-OH is 1. The Balaban J connectivity index is 2.38. The van der Waals surface area contributed by atoms with Gasteiger partial charge < -0.3 is 9.84 Å². The lowest BCUT2D eigenvalue weighted by molar-refractivity contribution is 0.0216. The van der Waals surface area contributed by atoms with E-state index < -0.39 is 0 Å². The SMILES string of the molecule is C[C@H]1C[C@@H](Br)C(CO)O1. The maximum atomic E-state index is 8.70. The third-order valence-electron chi connectivity index (χ3n) is 1.55. The maximum Gasteiger partial charge on any atom is 0.0934 e. The van der Waals surface area contributed by atoms with Crippen molar-refractivity contribution in [2.24, 2.45) is 0 Å². The normalized spacial score (nSPS) is 43.7. The molecule has 0 saturated carbocycles. The summed E-state index contributed by atoms with van der Waals surface area (Å²) in [5.41, 5.74) is 0. The Bertz CT molecular complexity index is 97.1. The van der Waals surface area contributed by atoms with Gasteiger partial charge in [0, 0.05) is 4.83 Å². The van der Waals surface area contributed by atoms with Crippen LogP contribution in [0.15, 0.2) is 0 Å². The third kappa shape index (κ3) is 1.66. The van der Waals surface area contributed by atoms with Gasteiger partial charge in [-0.25, -0.2) is 0 Å². The van der Waals surface area contributed by atoms with Crippen LogP contribution in [0.2, 0.25) is 0 Å². The van der Waals surface area contributed by atoms with Crippen molar-refractivity contribution in [2.75, 3.05) is 6.61 Å². The average Bonchev–Trinajstić information content (AvgIpc) is 2.10. The van der Waals surface area contributed by atoms with Gasteiger partial charge in [0.25, 0.3) is 0 Å². The first-order valence-corrected chi connectivity index (χ1v) is 4.06. The van der Waals surface area contributed by atoms with Crippen LogP contribution in [0.1, 0.15) is 13.3 Å². The van der Waals surface area contributed by atoms with Crippen LogP contribution in [0.3, 0.4) is 0 Å². The molecule has 1 N–H and O–H groups in total. The molecule has 1 fully saturated rings. The molecular formula is C6H11BrO2. The van der Waals surface area contributed by atoms with Crippen molar-refractivity contribution in [3.63, 3.8) is 0 Å². The number of hydrogen-bond acceptors (Lipinski definition) is 2. The summed E-state index contributed by atoms with van der Waals surface area (Å²) in [5, 5.41) is 8.70. The standard InChI is InChI=1S/C6H11BrO2/c1-4-2-5(7)6(3-8)9-4/h4-6,8H,2-3H2,1H3/t4-,5+,6?/m0/s1. The topological polar surface area (TPSA) is 29.5 Å². The molecule has 1 aliphatic heterocycles. The van der Waals surface area contributed by atoms with Crippen molar-refractivity contribution in [3.05, 3.63) is 0 Å². The van der Waals surface area contributed by atoms with Gasteiger partial charge in [-0.3, -0.25) is 0 Å². The van der Waals surface area contributed by atoms with Crippen LogP contribution in [0.5, 0.6) is 0 Å². The molecule has 0 aromatic rings. The quantitative estimate of drug-likeness (QED) is 0.630. The van der Waals surface area contributed by atoms with Crippen LogP contribution in [0.4, 0.5) is 0 Å². The van der Waals surface area contributed by atoms with Crippen molar-refractivity contribution < 1.29 is 9.84 Å². The molecular weight excluding hydrogens is 184 g/mol. The van der Waals surface area contributed by atoms with Crippen molar-refractivity contribution in [3.8, 4) is 0 Å². The van der Waals surface area contributed by atoms with E-state index in [0.717, 1.165) is 6.42 Å². The van der Waals surface area contributed by atoms with Gasteiger partial charge in [0.15, 0.2) is 0 Å². The zero-order chi connectivity index (χ0) is 6.85. The van der Waals surface area contributed by atoms with Crippen LogP contribution in [0, 0.1) is 0 Å². The molecule has 0 radical (unpaired) electrons. The molecule has 1 unspecified atom stereocenters. The minimum atomic E-state index is 0.0139. The molecule has 1 rings (SSSR count). The first-order chi connectivity index (χ1) is 4.24. The zero-order valence-electron chi connectivity index (χ0n) is 5.38. The Morgan fingerprint density at radius 3 is 2.67 bits per heavy atom. The lowest BCUT2D eigenvalue weighted by Gasteiger charge is -2.08. The molecule has 0 aromatic carbocycles. The molecule has 3 heteroatoms. The van der Waals surface area contributed by atoms with E-state index in [-0.39, 0.29) is 12.7 Å². The summed E-state index contributed by atoms with van der Waals surface area (Å²) >= 11 is 3.42. The summed E-state index contributed by atoms with van der Waals surface area (Å²) in [5.74, 6) is 0. The molecule has 9 heavy (non-hydrogen) atoms. The van der Waals surface area contributed by atoms with Gasteiger partial charge >= 0.3 is 0 Å². The van der Waals surface area contributed by atoms with Crippen LogP contribution in [0.25, 0.3) is 0 Å². The minimum absolute atomic E-state index is 0.0139. The highest BCUT2D eigenvalue weighted by Crippen LogP contribution is 2.25. The Morgan fingerprint density at radius 2 is 2.44 bits per heavy atom. The summed E-state index contributed by atoms with van der Waals surface area (Å²) in [6, 6.07) is 0. The van der Waals surface area contributed by atoms with E-state index >= 15 is 0 Å². The van der Waals surface area contributed by atoms with Gasteiger partial charge in [0.2, 0.25) is 0 Å². The van der Waals surface area contributed by atoms with Gasteiger partial charge in [-0.2, -0.15) is 0 Å². The number of rotatable bonds is 1. The molecule has 1 aliphatic rings. The van der Waals surface area contributed by atoms with E-state index in [0.29, 0.717) is 10.9 Å². The summed E-state index contributed by atoms with van der Waals surface area (Å²) in [7, 11) is 0. The smallest absolute Gasteiger partial charge is 0.0934 e. The zero-order valence-corrected chi connectivity index (χ0v) is 6.97. The van der Waals surface area contributed by atoms with Gasteiger partial charge in [-0.15, -0.1) is 0 Å². The van der Waals surface area contributed by atoms with E-state index in [2.05, 4.69) is 15.9 Å². The monoisotopic (exact) mass is 194 g/mol. The summed E-state index contributed by atoms with van der Waals surface area (Å²) in [6.45, 7) is 2.14. The van der Waals surface area contributed by atoms with Gasteiger partial charge in [0.1, 0.15) is 0 Å². The molecule has 1 saturated heterocycles. The Kier molecular flexibility index (Phi) is 2.50. The Labute approximate surface area is 63.3 Å². The molecule has 0 aromatic heterocycles. The fraction of sp³-hybridized carbons (Fsp3) is 1.00. The largest absolute Gasteiger partial charge is 0.394 e. The second-order valence-corrected chi connectivity index (χ2v) is 3.60. The molecule has 3 atom stereocenters. The molecule has 2 nitrogen and oxygen atoms in total. The van der Waals surface area contributed by atoms with Crippen molar-refractivity contribution in [1.29, 1.82) is 0 Å². The fourth-order valence-corrected chi connectivity index (χ4v) is 1.88. The van der Waals surface area contributed by atoms with Gasteiger partial charge in [-0.05, 0) is 13.3 Å². The molecule has 0 aliphatic carbocycles. The van der Waals surface area contributed by atoms with Crippen molar-refractivity contribution in [1.82, 2.24) is 0 Å². The van der Waals surface area contributed by atoms with E-state index in [4.69, 9.17) is 9.84 Å².